The van der Waals surface area contributed by atoms with Crippen molar-refractivity contribution in [3.63, 3.8) is 0 Å². The number of non-ortho nitro benzene ring substituents is 1. The molecular formula is C29H33N3O6. The van der Waals surface area contributed by atoms with Crippen LogP contribution in [0.25, 0.3) is 0 Å². The lowest BCUT2D eigenvalue weighted by Gasteiger charge is -2.34. The number of dihydropyridines is 1. The highest BCUT2D eigenvalue weighted by molar-refractivity contribution is 6.00. The standard InChI is InChI=1S/C29H33N3O6/c1-5-29(14-15-31(18-29)17-21-10-7-6-8-11-21)38-28(34)25-20(3)30-19(2)24(27(33)37-4)26(25)22-12-9-13-23(16-22)32(35)36/h6-13,16,26,30H,5,14-15,17-18H2,1-4H3/t26-,29-/m0/s1. The van der Waals surface area contributed by atoms with Gasteiger partial charge in [0.25, 0.3) is 5.69 Å². The van der Waals surface area contributed by atoms with Crippen LogP contribution in [0.1, 0.15) is 50.7 Å². The summed E-state index contributed by atoms with van der Waals surface area (Å²) in [6.07, 6.45) is 1.31. The smallest absolute Gasteiger partial charge is 0.337 e. The monoisotopic (exact) mass is 519 g/mol. The van der Waals surface area contributed by atoms with E-state index in [0.717, 1.165) is 13.1 Å². The Labute approximate surface area is 222 Å². The lowest BCUT2D eigenvalue weighted by Crippen LogP contribution is -2.40. The number of nitrogens with zero attached hydrogens (tertiary/aromatic N) is 2. The second kappa shape index (κ2) is 11.2. The van der Waals surface area contributed by atoms with Crippen molar-refractivity contribution in [3.8, 4) is 0 Å². The molecule has 0 radical (unpaired) electrons. The number of benzene rings is 2. The van der Waals surface area contributed by atoms with E-state index in [1.807, 2.05) is 25.1 Å². The van der Waals surface area contributed by atoms with Crippen LogP contribution in [0.3, 0.4) is 0 Å². The molecule has 0 unspecified atom stereocenters. The summed E-state index contributed by atoms with van der Waals surface area (Å²) in [5, 5.41) is 14.6. The predicted molar refractivity (Wildman–Crippen MR) is 142 cm³/mol. The van der Waals surface area contributed by atoms with Crippen LogP contribution in [-0.2, 0) is 25.6 Å². The zero-order valence-electron chi connectivity index (χ0n) is 22.2. The van der Waals surface area contributed by atoms with Gasteiger partial charge in [0.05, 0.1) is 29.1 Å². The fraction of sp³-hybridized carbons (Fsp3) is 0.379. The molecule has 1 saturated heterocycles. The van der Waals surface area contributed by atoms with Gasteiger partial charge < -0.3 is 14.8 Å². The van der Waals surface area contributed by atoms with E-state index in [4.69, 9.17) is 9.47 Å². The highest BCUT2D eigenvalue weighted by Gasteiger charge is 2.44. The van der Waals surface area contributed by atoms with Gasteiger partial charge in [0.1, 0.15) is 5.60 Å². The average Bonchev–Trinajstić information content (AvgIpc) is 3.30. The molecule has 2 aliphatic rings. The van der Waals surface area contributed by atoms with Crippen LogP contribution in [-0.4, -0.2) is 47.6 Å². The first kappa shape index (κ1) is 27.1. The van der Waals surface area contributed by atoms with Crippen molar-refractivity contribution in [3.05, 3.63) is 98.4 Å². The maximum absolute atomic E-state index is 13.9. The van der Waals surface area contributed by atoms with Gasteiger partial charge in [0.2, 0.25) is 0 Å². The van der Waals surface area contributed by atoms with Crippen LogP contribution >= 0.6 is 0 Å². The molecule has 2 aromatic rings. The summed E-state index contributed by atoms with van der Waals surface area (Å²) in [4.78, 5) is 40.1. The Bertz CT molecular complexity index is 1300. The van der Waals surface area contributed by atoms with Crippen molar-refractivity contribution in [1.82, 2.24) is 10.2 Å². The molecule has 200 valence electrons. The molecule has 2 aromatic carbocycles. The van der Waals surface area contributed by atoms with Gasteiger partial charge in [-0.1, -0.05) is 49.4 Å². The van der Waals surface area contributed by atoms with Gasteiger partial charge >= 0.3 is 11.9 Å². The summed E-state index contributed by atoms with van der Waals surface area (Å²) < 4.78 is 11.3. The maximum atomic E-state index is 13.9. The lowest BCUT2D eigenvalue weighted by atomic mass is 9.80. The molecule has 0 aromatic heterocycles. The van der Waals surface area contributed by atoms with E-state index in [2.05, 4.69) is 22.3 Å². The molecule has 9 nitrogen and oxygen atoms in total. The number of hydrogen-bond acceptors (Lipinski definition) is 8. The molecule has 1 N–H and O–H groups in total. The number of nitro groups is 1. The minimum atomic E-state index is -0.883. The second-order valence-corrected chi connectivity index (χ2v) is 9.85. The van der Waals surface area contributed by atoms with E-state index in [9.17, 15) is 19.7 Å². The molecule has 1 fully saturated rings. The summed E-state index contributed by atoms with van der Waals surface area (Å²) in [6.45, 7) is 7.59. The van der Waals surface area contributed by atoms with E-state index in [1.54, 1.807) is 26.0 Å². The van der Waals surface area contributed by atoms with Crippen molar-refractivity contribution in [1.29, 1.82) is 0 Å². The van der Waals surface area contributed by atoms with Gasteiger partial charge in [-0.25, -0.2) is 9.59 Å². The van der Waals surface area contributed by atoms with Crippen LogP contribution in [0, 0.1) is 10.1 Å². The molecule has 2 heterocycles. The molecule has 0 aliphatic carbocycles. The molecule has 0 bridgehead atoms. The molecule has 2 atom stereocenters. The molecule has 0 spiro atoms. The van der Waals surface area contributed by atoms with E-state index < -0.39 is 28.4 Å². The number of ether oxygens (including phenoxy) is 2. The van der Waals surface area contributed by atoms with Gasteiger partial charge in [-0.05, 0) is 31.4 Å². The minimum absolute atomic E-state index is 0.134. The van der Waals surface area contributed by atoms with Crippen molar-refractivity contribution in [2.75, 3.05) is 20.2 Å². The number of nitro benzene ring substituents is 1. The summed E-state index contributed by atoms with van der Waals surface area (Å²) in [5.41, 5.74) is 2.31. The number of rotatable bonds is 8. The van der Waals surface area contributed by atoms with Crippen LogP contribution in [0.5, 0.6) is 0 Å². The minimum Gasteiger partial charge on any atom is -0.466 e. The van der Waals surface area contributed by atoms with E-state index >= 15 is 0 Å². The Morgan fingerprint density at radius 1 is 1.08 bits per heavy atom. The van der Waals surface area contributed by atoms with Gasteiger partial charge in [0.15, 0.2) is 0 Å². The molecule has 0 amide bonds. The number of esters is 2. The zero-order chi connectivity index (χ0) is 27.4. The number of likely N-dealkylation sites (tertiary alicyclic amines) is 1. The van der Waals surface area contributed by atoms with Gasteiger partial charge in [0, 0.05) is 49.6 Å². The Morgan fingerprint density at radius 2 is 1.76 bits per heavy atom. The predicted octanol–water partition coefficient (Wildman–Crippen LogP) is 4.60. The SMILES string of the molecule is CC[C@]1(OC(=O)C2=C(C)NC(C)=C(C(=O)OC)[C@@H]2c2cccc([N+](=O)[O-])c2)CCN(Cc2ccccc2)C1. The normalized spacial score (nSPS) is 21.7. The van der Waals surface area contributed by atoms with Gasteiger partial charge in [-0.15, -0.1) is 0 Å². The van der Waals surface area contributed by atoms with Crippen LogP contribution in [0.4, 0.5) is 5.69 Å². The van der Waals surface area contributed by atoms with Crippen molar-refractivity contribution < 1.29 is 24.0 Å². The summed E-state index contributed by atoms with van der Waals surface area (Å²) in [5.74, 6) is -2.06. The molecule has 38 heavy (non-hydrogen) atoms. The molecular weight excluding hydrogens is 486 g/mol. The second-order valence-electron chi connectivity index (χ2n) is 9.85. The molecule has 4 rings (SSSR count). The molecule has 2 aliphatic heterocycles. The van der Waals surface area contributed by atoms with Crippen molar-refractivity contribution in [2.24, 2.45) is 0 Å². The van der Waals surface area contributed by atoms with Gasteiger partial charge in [-0.2, -0.15) is 0 Å². The number of allylic oxidation sites excluding steroid dienone is 2. The third-order valence-electron chi connectivity index (χ3n) is 7.40. The fourth-order valence-electron chi connectivity index (χ4n) is 5.40. The maximum Gasteiger partial charge on any atom is 0.337 e. The highest BCUT2D eigenvalue weighted by Crippen LogP contribution is 2.41. The van der Waals surface area contributed by atoms with E-state index in [-0.39, 0.29) is 16.8 Å². The van der Waals surface area contributed by atoms with E-state index in [0.29, 0.717) is 36.3 Å². The summed E-state index contributed by atoms with van der Waals surface area (Å²) in [7, 11) is 1.27. The summed E-state index contributed by atoms with van der Waals surface area (Å²) >= 11 is 0. The fourth-order valence-corrected chi connectivity index (χ4v) is 5.40. The van der Waals surface area contributed by atoms with Crippen molar-refractivity contribution in [2.45, 2.75) is 51.7 Å². The summed E-state index contributed by atoms with van der Waals surface area (Å²) in [6, 6.07) is 16.1. The van der Waals surface area contributed by atoms with Gasteiger partial charge in [-0.3, -0.25) is 15.0 Å². The van der Waals surface area contributed by atoms with Crippen LogP contribution < -0.4 is 5.32 Å². The number of carbonyl (C=O) groups is 2. The first-order valence-electron chi connectivity index (χ1n) is 12.7. The van der Waals surface area contributed by atoms with Crippen LogP contribution in [0.15, 0.2) is 77.1 Å². The average molecular weight is 520 g/mol. The molecule has 9 heteroatoms. The zero-order valence-corrected chi connectivity index (χ0v) is 22.2. The first-order chi connectivity index (χ1) is 18.2. The Balaban J connectivity index is 1.67. The lowest BCUT2D eigenvalue weighted by molar-refractivity contribution is -0.384. The number of methoxy groups -OCH3 is 1. The highest BCUT2D eigenvalue weighted by atomic mass is 16.6. The topological polar surface area (TPSA) is 111 Å². The Morgan fingerprint density at radius 3 is 2.39 bits per heavy atom. The quantitative estimate of drug-likeness (QED) is 0.306. The first-order valence-corrected chi connectivity index (χ1v) is 12.7. The third-order valence-corrected chi connectivity index (χ3v) is 7.40. The third kappa shape index (κ3) is 5.47. The molecule has 0 saturated carbocycles. The Kier molecular flexibility index (Phi) is 7.97. The van der Waals surface area contributed by atoms with Crippen molar-refractivity contribution >= 4 is 17.6 Å². The van der Waals surface area contributed by atoms with E-state index in [1.165, 1.54) is 24.8 Å². The Hall–Kier alpha value is -3.98. The number of carbonyl (C=O) groups excluding carboxylic acids is 2. The largest absolute Gasteiger partial charge is 0.466 e. The van der Waals surface area contributed by atoms with Crippen LogP contribution in [0.2, 0.25) is 0 Å². The number of hydrogen-bond donors (Lipinski definition) is 1. The number of nitrogens with one attached hydrogen (secondary N) is 1.